The fourth-order valence-electron chi connectivity index (χ4n) is 3.43. The summed E-state index contributed by atoms with van der Waals surface area (Å²) in [7, 11) is 0. The Labute approximate surface area is 190 Å². The summed E-state index contributed by atoms with van der Waals surface area (Å²) in [5.74, 6) is 1.04. The van der Waals surface area contributed by atoms with Crippen LogP contribution in [-0.2, 0) is 21.1 Å². The molecular formula is C23H24N4O2S2. The van der Waals surface area contributed by atoms with Crippen molar-refractivity contribution in [3.8, 4) is 0 Å². The van der Waals surface area contributed by atoms with E-state index in [2.05, 4.69) is 27.6 Å². The van der Waals surface area contributed by atoms with Gasteiger partial charge in [0.15, 0.2) is 0 Å². The first-order chi connectivity index (χ1) is 15.0. The molecule has 2 amide bonds. The first kappa shape index (κ1) is 21.5. The van der Waals surface area contributed by atoms with Gasteiger partial charge in [0.2, 0.25) is 16.9 Å². The van der Waals surface area contributed by atoms with E-state index in [-0.39, 0.29) is 18.2 Å². The molecule has 31 heavy (non-hydrogen) atoms. The zero-order valence-electron chi connectivity index (χ0n) is 17.5. The Hall–Kier alpha value is -2.71. The van der Waals surface area contributed by atoms with Crippen LogP contribution in [0.4, 0.5) is 10.8 Å². The number of carbonyl (C=O) groups is 2. The highest BCUT2D eigenvalue weighted by Crippen LogP contribution is 2.28. The first-order valence-electron chi connectivity index (χ1n) is 10.1. The van der Waals surface area contributed by atoms with Crippen molar-refractivity contribution >= 4 is 45.7 Å². The molecule has 1 aromatic heterocycles. The van der Waals surface area contributed by atoms with Crippen LogP contribution in [0, 0.1) is 19.8 Å². The molecule has 2 aromatic carbocycles. The van der Waals surface area contributed by atoms with E-state index in [4.69, 9.17) is 0 Å². The van der Waals surface area contributed by atoms with Crippen molar-refractivity contribution in [1.29, 1.82) is 0 Å². The quantitative estimate of drug-likeness (QED) is 0.568. The van der Waals surface area contributed by atoms with E-state index >= 15 is 0 Å². The van der Waals surface area contributed by atoms with Gasteiger partial charge in [0, 0.05) is 30.2 Å². The molecule has 3 aromatic rings. The van der Waals surface area contributed by atoms with Gasteiger partial charge in [-0.05, 0) is 42.7 Å². The maximum atomic E-state index is 12.7. The SMILES string of the molecule is Cc1ccc(N2CC(C(=O)Nc3nnc(CSCc4ccccc4)s3)CC2=O)cc1C. The molecule has 6 nitrogen and oxygen atoms in total. The highest BCUT2D eigenvalue weighted by Gasteiger charge is 2.35. The second-order valence-corrected chi connectivity index (χ2v) is 9.69. The molecule has 1 fully saturated rings. The molecule has 1 atom stereocenters. The Morgan fingerprint density at radius 1 is 1.13 bits per heavy atom. The molecule has 0 saturated carbocycles. The third kappa shape index (κ3) is 5.32. The number of carbonyl (C=O) groups excluding carboxylic acids is 2. The molecule has 4 rings (SSSR count). The summed E-state index contributed by atoms with van der Waals surface area (Å²) in [4.78, 5) is 26.9. The van der Waals surface area contributed by atoms with Crippen LogP contribution in [0.5, 0.6) is 0 Å². The van der Waals surface area contributed by atoms with E-state index in [0.717, 1.165) is 27.8 Å². The number of nitrogens with zero attached hydrogens (tertiary/aromatic N) is 3. The summed E-state index contributed by atoms with van der Waals surface area (Å²) < 4.78 is 0. The minimum absolute atomic E-state index is 0.0290. The minimum Gasteiger partial charge on any atom is -0.312 e. The average Bonchev–Trinajstić information content (AvgIpc) is 3.37. The second-order valence-electron chi connectivity index (χ2n) is 7.64. The van der Waals surface area contributed by atoms with Gasteiger partial charge in [-0.1, -0.05) is 47.7 Å². The first-order valence-corrected chi connectivity index (χ1v) is 12.1. The van der Waals surface area contributed by atoms with Crippen molar-refractivity contribution < 1.29 is 9.59 Å². The van der Waals surface area contributed by atoms with E-state index in [0.29, 0.717) is 11.7 Å². The van der Waals surface area contributed by atoms with Gasteiger partial charge in [-0.3, -0.25) is 9.59 Å². The number of hydrogen-bond acceptors (Lipinski definition) is 6. The van der Waals surface area contributed by atoms with Gasteiger partial charge in [-0.15, -0.1) is 22.0 Å². The van der Waals surface area contributed by atoms with Gasteiger partial charge in [0.1, 0.15) is 5.01 Å². The molecule has 0 aliphatic carbocycles. The summed E-state index contributed by atoms with van der Waals surface area (Å²) in [6.45, 7) is 4.44. The summed E-state index contributed by atoms with van der Waals surface area (Å²) in [5, 5.41) is 12.5. The monoisotopic (exact) mass is 452 g/mol. The number of aryl methyl sites for hydroxylation is 2. The van der Waals surface area contributed by atoms with Crippen LogP contribution in [0.1, 0.15) is 28.1 Å². The van der Waals surface area contributed by atoms with Crippen LogP contribution in [0.15, 0.2) is 48.5 Å². The normalized spacial score (nSPS) is 16.0. The lowest BCUT2D eigenvalue weighted by Crippen LogP contribution is -2.28. The molecule has 8 heteroatoms. The number of rotatable bonds is 7. The van der Waals surface area contributed by atoms with Crippen LogP contribution >= 0.6 is 23.1 Å². The van der Waals surface area contributed by atoms with Gasteiger partial charge in [-0.2, -0.15) is 0 Å². The largest absolute Gasteiger partial charge is 0.312 e. The lowest BCUT2D eigenvalue weighted by Gasteiger charge is -2.17. The molecule has 160 valence electrons. The summed E-state index contributed by atoms with van der Waals surface area (Å²) in [6, 6.07) is 16.2. The predicted molar refractivity (Wildman–Crippen MR) is 126 cm³/mol. The summed E-state index contributed by atoms with van der Waals surface area (Å²) in [6.07, 6.45) is 0.206. The van der Waals surface area contributed by atoms with Crippen LogP contribution in [0.25, 0.3) is 0 Å². The van der Waals surface area contributed by atoms with Crippen molar-refractivity contribution in [2.24, 2.45) is 5.92 Å². The number of aromatic nitrogens is 2. The lowest BCUT2D eigenvalue weighted by molar-refractivity contribution is -0.122. The highest BCUT2D eigenvalue weighted by molar-refractivity contribution is 7.97. The Bertz CT molecular complexity index is 1080. The van der Waals surface area contributed by atoms with Gasteiger partial charge < -0.3 is 10.2 Å². The van der Waals surface area contributed by atoms with Crippen molar-refractivity contribution in [2.75, 3.05) is 16.8 Å². The number of nitrogens with one attached hydrogen (secondary N) is 1. The van der Waals surface area contributed by atoms with Crippen molar-refractivity contribution in [2.45, 2.75) is 31.8 Å². The number of hydrogen-bond donors (Lipinski definition) is 1. The van der Waals surface area contributed by atoms with E-state index in [1.54, 1.807) is 16.7 Å². The van der Waals surface area contributed by atoms with Crippen LogP contribution in [-0.4, -0.2) is 28.6 Å². The standard InChI is InChI=1S/C23H24N4O2S2/c1-15-8-9-19(10-16(15)2)27-12-18(11-21(27)28)22(29)24-23-26-25-20(31-23)14-30-13-17-6-4-3-5-7-17/h3-10,18H,11-14H2,1-2H3,(H,24,26,29). The second kappa shape index (κ2) is 9.62. The van der Waals surface area contributed by atoms with Crippen LogP contribution < -0.4 is 10.2 Å². The van der Waals surface area contributed by atoms with Gasteiger partial charge in [-0.25, -0.2) is 0 Å². The molecule has 2 heterocycles. The van der Waals surface area contributed by atoms with Crippen molar-refractivity contribution in [3.63, 3.8) is 0 Å². The zero-order chi connectivity index (χ0) is 21.8. The Morgan fingerprint density at radius 2 is 1.94 bits per heavy atom. The molecule has 1 saturated heterocycles. The smallest absolute Gasteiger partial charge is 0.231 e. The molecule has 1 N–H and O–H groups in total. The third-order valence-corrected chi connectivity index (χ3v) is 7.37. The van der Waals surface area contributed by atoms with E-state index < -0.39 is 5.92 Å². The number of anilines is 2. The predicted octanol–water partition coefficient (Wildman–Crippen LogP) is 4.58. The van der Waals surface area contributed by atoms with Crippen LogP contribution in [0.2, 0.25) is 0 Å². The topological polar surface area (TPSA) is 75.2 Å². The minimum atomic E-state index is -0.395. The number of benzene rings is 2. The van der Waals surface area contributed by atoms with Crippen molar-refractivity contribution in [3.05, 3.63) is 70.2 Å². The maximum absolute atomic E-state index is 12.7. The Kier molecular flexibility index (Phi) is 6.67. The van der Waals surface area contributed by atoms with E-state index in [9.17, 15) is 9.59 Å². The van der Waals surface area contributed by atoms with Crippen LogP contribution in [0.3, 0.4) is 0 Å². The molecule has 0 spiro atoms. The molecule has 1 aliphatic rings. The fraction of sp³-hybridized carbons (Fsp3) is 0.304. The average molecular weight is 453 g/mol. The molecule has 1 unspecified atom stereocenters. The maximum Gasteiger partial charge on any atom is 0.231 e. The van der Waals surface area contributed by atoms with Gasteiger partial charge >= 0.3 is 0 Å². The lowest BCUT2D eigenvalue weighted by atomic mass is 10.1. The molecule has 0 bridgehead atoms. The zero-order valence-corrected chi connectivity index (χ0v) is 19.1. The van der Waals surface area contributed by atoms with Gasteiger partial charge in [0.05, 0.1) is 5.92 Å². The van der Waals surface area contributed by atoms with E-state index in [1.807, 2.05) is 50.2 Å². The molecule has 1 aliphatic heterocycles. The Balaban J connectivity index is 1.30. The number of amides is 2. The van der Waals surface area contributed by atoms with E-state index in [1.165, 1.54) is 22.5 Å². The summed E-state index contributed by atoms with van der Waals surface area (Å²) in [5.41, 5.74) is 4.42. The molecule has 0 radical (unpaired) electrons. The number of thioether (sulfide) groups is 1. The van der Waals surface area contributed by atoms with Gasteiger partial charge in [0.25, 0.3) is 0 Å². The van der Waals surface area contributed by atoms with Crippen molar-refractivity contribution in [1.82, 2.24) is 10.2 Å². The highest BCUT2D eigenvalue weighted by atomic mass is 32.2. The molecular weight excluding hydrogens is 428 g/mol. The Morgan fingerprint density at radius 3 is 2.71 bits per heavy atom. The fourth-order valence-corrected chi connectivity index (χ4v) is 5.21. The summed E-state index contributed by atoms with van der Waals surface area (Å²) >= 11 is 3.14. The third-order valence-electron chi connectivity index (χ3n) is 5.33.